The summed E-state index contributed by atoms with van der Waals surface area (Å²) < 4.78 is 14.0. The Hall–Kier alpha value is -1.40. The summed E-state index contributed by atoms with van der Waals surface area (Å²) in [5, 5.41) is 7.64. The predicted octanol–water partition coefficient (Wildman–Crippen LogP) is 1.94. The minimum Gasteiger partial charge on any atom is -0.381 e. The maximum absolute atomic E-state index is 11.6. The maximum atomic E-state index is 11.6. The summed E-state index contributed by atoms with van der Waals surface area (Å²) in [4.78, 5) is 11.6. The van der Waals surface area contributed by atoms with Crippen LogP contribution in [0.1, 0.15) is 55.7 Å². The van der Waals surface area contributed by atoms with Crippen molar-refractivity contribution in [2.24, 2.45) is 7.05 Å². The van der Waals surface area contributed by atoms with E-state index in [9.17, 15) is 4.79 Å². The van der Waals surface area contributed by atoms with Crippen molar-refractivity contribution in [2.45, 2.75) is 64.2 Å². The molecule has 1 aromatic rings. The van der Waals surface area contributed by atoms with E-state index in [1.165, 1.54) is 5.56 Å². The van der Waals surface area contributed by atoms with Crippen molar-refractivity contribution in [1.82, 2.24) is 15.1 Å². The van der Waals surface area contributed by atoms with Crippen molar-refractivity contribution < 1.29 is 14.3 Å². The van der Waals surface area contributed by atoms with E-state index in [4.69, 9.17) is 9.47 Å². The largest absolute Gasteiger partial charge is 0.381 e. The zero-order chi connectivity index (χ0) is 16.6. The lowest BCUT2D eigenvalue weighted by atomic mass is 9.81. The van der Waals surface area contributed by atoms with Crippen LogP contribution in [-0.2, 0) is 21.3 Å². The molecule has 0 aliphatic carbocycles. The molecule has 2 aliphatic heterocycles. The first-order valence-corrected chi connectivity index (χ1v) is 8.43. The molecule has 2 atom stereocenters. The van der Waals surface area contributed by atoms with Crippen LogP contribution >= 0.6 is 0 Å². The van der Waals surface area contributed by atoms with E-state index in [2.05, 4.69) is 17.3 Å². The normalized spacial score (nSPS) is 27.1. The molecular formula is C17H27N3O3. The molecule has 0 radical (unpaired) electrons. The van der Waals surface area contributed by atoms with E-state index in [1.54, 1.807) is 6.92 Å². The third-order valence-corrected chi connectivity index (χ3v) is 5.21. The monoisotopic (exact) mass is 321 g/mol. The van der Waals surface area contributed by atoms with Gasteiger partial charge in [0.2, 0.25) is 5.91 Å². The molecule has 6 heteroatoms. The summed E-state index contributed by atoms with van der Waals surface area (Å²) in [5.41, 5.74) is 3.13. The summed E-state index contributed by atoms with van der Waals surface area (Å²) in [5.74, 6) is 0.0255. The standard InChI is InChI=1S/C17H27N3O3/c1-11-16(12(2)20(4)19-11)15-9-14(18-13(3)21)10-17(23-15)5-7-22-8-6-17/h14-15H,5-10H2,1-4H3,(H,18,21)/t14-,15-/m0/s1. The van der Waals surface area contributed by atoms with Crippen LogP contribution < -0.4 is 5.32 Å². The highest BCUT2D eigenvalue weighted by molar-refractivity contribution is 5.73. The van der Waals surface area contributed by atoms with Crippen LogP contribution in [0.3, 0.4) is 0 Å². The molecule has 1 N–H and O–H groups in total. The molecule has 1 amide bonds. The number of amides is 1. The fraction of sp³-hybridized carbons (Fsp3) is 0.765. The van der Waals surface area contributed by atoms with Crippen molar-refractivity contribution in [3.8, 4) is 0 Å². The Balaban J connectivity index is 1.90. The van der Waals surface area contributed by atoms with Gasteiger partial charge in [0.1, 0.15) is 0 Å². The number of ether oxygens (including phenoxy) is 2. The molecular weight excluding hydrogens is 294 g/mol. The molecule has 2 aliphatic rings. The fourth-order valence-electron chi connectivity index (χ4n) is 4.08. The van der Waals surface area contributed by atoms with Crippen molar-refractivity contribution in [3.05, 3.63) is 17.0 Å². The van der Waals surface area contributed by atoms with Gasteiger partial charge in [0.15, 0.2) is 0 Å². The summed E-state index contributed by atoms with van der Waals surface area (Å²) in [6.45, 7) is 7.15. The van der Waals surface area contributed by atoms with Crippen LogP contribution in [0.4, 0.5) is 0 Å². The quantitative estimate of drug-likeness (QED) is 0.904. The summed E-state index contributed by atoms with van der Waals surface area (Å²) >= 11 is 0. The molecule has 0 unspecified atom stereocenters. The van der Waals surface area contributed by atoms with Gasteiger partial charge >= 0.3 is 0 Å². The van der Waals surface area contributed by atoms with Crippen molar-refractivity contribution in [3.63, 3.8) is 0 Å². The van der Waals surface area contributed by atoms with E-state index in [1.807, 2.05) is 18.7 Å². The number of rotatable bonds is 2. The van der Waals surface area contributed by atoms with Gasteiger partial charge in [-0.05, 0) is 39.5 Å². The first-order valence-electron chi connectivity index (χ1n) is 8.43. The lowest BCUT2D eigenvalue weighted by Crippen LogP contribution is -2.51. The molecule has 128 valence electrons. The van der Waals surface area contributed by atoms with Gasteiger partial charge in [0, 0.05) is 44.5 Å². The van der Waals surface area contributed by atoms with E-state index in [0.29, 0.717) is 0 Å². The molecule has 6 nitrogen and oxygen atoms in total. The van der Waals surface area contributed by atoms with Crippen LogP contribution in [0, 0.1) is 13.8 Å². The predicted molar refractivity (Wildman–Crippen MR) is 86.1 cm³/mol. The Morgan fingerprint density at radius 3 is 2.61 bits per heavy atom. The minimum absolute atomic E-state index is 0.0209. The average Bonchev–Trinajstić information content (AvgIpc) is 2.71. The molecule has 0 bridgehead atoms. The minimum atomic E-state index is -0.191. The highest BCUT2D eigenvalue weighted by Gasteiger charge is 2.44. The lowest BCUT2D eigenvalue weighted by Gasteiger charge is -2.47. The van der Waals surface area contributed by atoms with Crippen molar-refractivity contribution >= 4 is 5.91 Å². The Morgan fingerprint density at radius 1 is 1.35 bits per heavy atom. The number of aryl methyl sites for hydroxylation is 2. The summed E-state index contributed by atoms with van der Waals surface area (Å²) in [6, 6.07) is 0.142. The molecule has 0 aromatic carbocycles. The Morgan fingerprint density at radius 2 is 2.04 bits per heavy atom. The lowest BCUT2D eigenvalue weighted by molar-refractivity contribution is -0.179. The van der Waals surface area contributed by atoms with Crippen LogP contribution in [0.2, 0.25) is 0 Å². The fourth-order valence-corrected chi connectivity index (χ4v) is 4.08. The van der Waals surface area contributed by atoms with Crippen molar-refractivity contribution in [2.75, 3.05) is 13.2 Å². The Labute approximate surface area is 137 Å². The molecule has 2 saturated heterocycles. The second kappa shape index (κ2) is 6.24. The van der Waals surface area contributed by atoms with E-state index >= 15 is 0 Å². The van der Waals surface area contributed by atoms with Crippen LogP contribution in [0.15, 0.2) is 0 Å². The number of carbonyl (C=O) groups is 1. The highest BCUT2D eigenvalue weighted by Crippen LogP contribution is 2.43. The third kappa shape index (κ3) is 3.28. The molecule has 0 saturated carbocycles. The topological polar surface area (TPSA) is 65.4 Å². The zero-order valence-corrected chi connectivity index (χ0v) is 14.5. The first kappa shape index (κ1) is 16.5. The molecule has 3 heterocycles. The molecule has 2 fully saturated rings. The number of carbonyl (C=O) groups excluding carboxylic acids is 1. The molecule has 1 aromatic heterocycles. The van der Waals surface area contributed by atoms with Gasteiger partial charge in [-0.1, -0.05) is 0 Å². The summed E-state index contributed by atoms with van der Waals surface area (Å²) in [6.07, 6.45) is 3.42. The van der Waals surface area contributed by atoms with E-state index in [0.717, 1.165) is 50.3 Å². The number of nitrogens with zero attached hydrogens (tertiary/aromatic N) is 2. The molecule has 3 rings (SSSR count). The second-order valence-corrected chi connectivity index (χ2v) is 6.95. The van der Waals surface area contributed by atoms with Gasteiger partial charge in [-0.25, -0.2) is 0 Å². The van der Waals surface area contributed by atoms with Gasteiger partial charge in [-0.3, -0.25) is 9.48 Å². The zero-order valence-electron chi connectivity index (χ0n) is 14.5. The number of aromatic nitrogens is 2. The van der Waals surface area contributed by atoms with Gasteiger partial charge in [0.25, 0.3) is 0 Å². The second-order valence-electron chi connectivity index (χ2n) is 6.95. The van der Waals surface area contributed by atoms with Gasteiger partial charge in [-0.2, -0.15) is 5.10 Å². The third-order valence-electron chi connectivity index (χ3n) is 5.21. The Bertz CT molecular complexity index is 590. The van der Waals surface area contributed by atoms with Gasteiger partial charge in [0.05, 0.1) is 17.4 Å². The van der Waals surface area contributed by atoms with Crippen LogP contribution in [0.25, 0.3) is 0 Å². The maximum Gasteiger partial charge on any atom is 0.217 e. The molecule has 23 heavy (non-hydrogen) atoms. The number of nitrogens with one attached hydrogen (secondary N) is 1. The summed E-state index contributed by atoms with van der Waals surface area (Å²) in [7, 11) is 1.96. The highest BCUT2D eigenvalue weighted by atomic mass is 16.5. The smallest absolute Gasteiger partial charge is 0.217 e. The number of hydrogen-bond acceptors (Lipinski definition) is 4. The van der Waals surface area contributed by atoms with Crippen molar-refractivity contribution in [1.29, 1.82) is 0 Å². The van der Waals surface area contributed by atoms with Gasteiger partial charge in [-0.15, -0.1) is 0 Å². The SMILES string of the molecule is CC(=O)N[C@H]1C[C@@H](c2c(C)nn(C)c2C)OC2(CCOCC2)C1. The number of hydrogen-bond donors (Lipinski definition) is 1. The Kier molecular flexibility index (Phi) is 4.47. The van der Waals surface area contributed by atoms with Gasteiger partial charge < -0.3 is 14.8 Å². The van der Waals surface area contributed by atoms with Crippen LogP contribution in [-0.4, -0.2) is 40.5 Å². The van der Waals surface area contributed by atoms with E-state index in [-0.39, 0.29) is 23.7 Å². The van der Waals surface area contributed by atoms with E-state index < -0.39 is 0 Å². The first-order chi connectivity index (χ1) is 10.9. The molecule has 1 spiro atoms. The average molecular weight is 321 g/mol. The van der Waals surface area contributed by atoms with Crippen LogP contribution in [0.5, 0.6) is 0 Å².